The Labute approximate surface area is 210 Å². The van der Waals surface area contributed by atoms with Gasteiger partial charge >= 0.3 is 0 Å². The predicted molar refractivity (Wildman–Crippen MR) is 145 cm³/mol. The van der Waals surface area contributed by atoms with Crippen LogP contribution >= 0.6 is 11.8 Å². The molecule has 6 fully saturated rings. The quantitative estimate of drug-likeness (QED) is 0.394. The van der Waals surface area contributed by atoms with Crippen LogP contribution in [0.1, 0.15) is 129 Å². The molecule has 0 bridgehead atoms. The van der Waals surface area contributed by atoms with Gasteiger partial charge in [-0.1, -0.05) is 90.9 Å². The molecule has 6 saturated carbocycles. The maximum atomic E-state index is 2.67. The molecule has 0 nitrogen and oxygen atoms in total. The first-order valence-electron chi connectivity index (χ1n) is 15.9. The van der Waals surface area contributed by atoms with E-state index in [1.807, 2.05) is 0 Å². The average Bonchev–Trinajstić information content (AvgIpc) is 3.37. The van der Waals surface area contributed by atoms with Gasteiger partial charge in [-0.25, -0.2) is 0 Å². The second-order valence-corrected chi connectivity index (χ2v) is 15.6. The van der Waals surface area contributed by atoms with Gasteiger partial charge in [-0.05, 0) is 97.7 Å². The summed E-state index contributed by atoms with van der Waals surface area (Å²) in [6.07, 6.45) is 28.1. The first-order valence-corrected chi connectivity index (χ1v) is 16.8. The van der Waals surface area contributed by atoms with Gasteiger partial charge in [-0.3, -0.25) is 0 Å². The summed E-state index contributed by atoms with van der Waals surface area (Å²) in [6.45, 7) is 5.34. The number of hydrogen-bond donors (Lipinski definition) is 0. The zero-order valence-electron chi connectivity index (χ0n) is 22.1. The van der Waals surface area contributed by atoms with Crippen molar-refractivity contribution in [1.29, 1.82) is 0 Å². The van der Waals surface area contributed by atoms with Crippen molar-refractivity contribution in [2.24, 2.45) is 59.2 Å². The van der Waals surface area contributed by atoms with E-state index < -0.39 is 0 Å². The normalized spacial score (nSPS) is 49.6. The Morgan fingerprint density at radius 1 is 0.424 bits per heavy atom. The molecule has 188 valence electrons. The molecule has 0 aromatic rings. The third-order valence-electron chi connectivity index (χ3n) is 12.4. The van der Waals surface area contributed by atoms with Gasteiger partial charge in [0.2, 0.25) is 0 Å². The lowest BCUT2D eigenvalue weighted by Gasteiger charge is -2.44. The maximum Gasteiger partial charge on any atom is 0.00810 e. The number of rotatable bonds is 4. The maximum absolute atomic E-state index is 2.67. The summed E-state index contributed by atoms with van der Waals surface area (Å²) >= 11 is 2.60. The molecule has 0 heterocycles. The van der Waals surface area contributed by atoms with Gasteiger partial charge in [0, 0.05) is 10.5 Å². The zero-order valence-corrected chi connectivity index (χ0v) is 22.9. The molecule has 0 radical (unpaired) electrons. The number of thioether (sulfide) groups is 1. The molecule has 6 aliphatic carbocycles. The smallest absolute Gasteiger partial charge is 0.00810 e. The number of fused-ring (bicyclic) bond motifs is 2. The highest BCUT2D eigenvalue weighted by atomic mass is 32.2. The Balaban J connectivity index is 1.13. The molecule has 0 saturated heterocycles. The van der Waals surface area contributed by atoms with Crippen molar-refractivity contribution in [3.05, 3.63) is 0 Å². The third-order valence-corrected chi connectivity index (χ3v) is 14.3. The van der Waals surface area contributed by atoms with Crippen molar-refractivity contribution in [1.82, 2.24) is 0 Å². The van der Waals surface area contributed by atoms with Gasteiger partial charge in [-0.2, -0.15) is 11.8 Å². The standard InChI is InChI=1S/C32H54S/c1-21-19-27-25(31(21)23-11-5-3-6-12-23)15-9-17-29(27)33-30-18-10-16-26-28(30)20-22(2)32(26)24-13-7-4-8-14-24/h21-32H,3-20H2,1-2H3. The molecular formula is C32H54S. The molecule has 10 unspecified atom stereocenters. The number of hydrogen-bond acceptors (Lipinski definition) is 1. The van der Waals surface area contributed by atoms with Crippen LogP contribution < -0.4 is 0 Å². The molecule has 0 spiro atoms. The van der Waals surface area contributed by atoms with Crippen molar-refractivity contribution in [3.63, 3.8) is 0 Å². The Hall–Kier alpha value is 0.350. The van der Waals surface area contributed by atoms with Crippen molar-refractivity contribution in [2.45, 2.75) is 140 Å². The summed E-state index contributed by atoms with van der Waals surface area (Å²) in [5, 5.41) is 2.04. The molecule has 0 aromatic carbocycles. The Morgan fingerprint density at radius 2 is 0.848 bits per heavy atom. The van der Waals surface area contributed by atoms with E-state index in [2.05, 4.69) is 25.6 Å². The van der Waals surface area contributed by atoms with Crippen molar-refractivity contribution in [2.75, 3.05) is 0 Å². The van der Waals surface area contributed by atoms with Gasteiger partial charge in [-0.15, -0.1) is 0 Å². The van der Waals surface area contributed by atoms with Gasteiger partial charge in [0.25, 0.3) is 0 Å². The molecule has 0 amide bonds. The van der Waals surface area contributed by atoms with Crippen molar-refractivity contribution >= 4 is 11.8 Å². The van der Waals surface area contributed by atoms with Crippen LogP contribution in [0.3, 0.4) is 0 Å². The Bertz CT molecular complexity index is 576. The van der Waals surface area contributed by atoms with Crippen LogP contribution in [0.15, 0.2) is 0 Å². The lowest BCUT2D eigenvalue weighted by molar-refractivity contribution is 0.130. The van der Waals surface area contributed by atoms with E-state index in [9.17, 15) is 0 Å². The van der Waals surface area contributed by atoms with E-state index in [0.29, 0.717) is 0 Å². The van der Waals surface area contributed by atoms with E-state index in [4.69, 9.17) is 0 Å². The minimum Gasteiger partial charge on any atom is -0.155 e. The van der Waals surface area contributed by atoms with E-state index in [-0.39, 0.29) is 0 Å². The SMILES string of the molecule is CC1CC2C(SC3CCCC4C3CC(C)C4C3CCCCC3)CCCC2C1C1CCCCC1. The topological polar surface area (TPSA) is 0 Å². The first-order chi connectivity index (χ1) is 16.2. The van der Waals surface area contributed by atoms with E-state index >= 15 is 0 Å². The second kappa shape index (κ2) is 10.4. The fourth-order valence-corrected chi connectivity index (χ4v) is 13.5. The lowest BCUT2D eigenvalue weighted by Crippen LogP contribution is -2.37. The summed E-state index contributed by atoms with van der Waals surface area (Å²) in [6, 6.07) is 0. The molecule has 1 heteroatoms. The molecule has 10 atom stereocenters. The summed E-state index contributed by atoms with van der Waals surface area (Å²) < 4.78 is 0. The largest absolute Gasteiger partial charge is 0.155 e. The van der Waals surface area contributed by atoms with Crippen LogP contribution in [-0.2, 0) is 0 Å². The van der Waals surface area contributed by atoms with E-state index in [1.165, 1.54) is 38.5 Å². The Kier molecular flexibility index (Phi) is 7.46. The summed E-state index contributed by atoms with van der Waals surface area (Å²) in [5.41, 5.74) is 0. The first kappa shape index (κ1) is 23.7. The molecule has 0 aromatic heterocycles. The summed E-state index contributed by atoms with van der Waals surface area (Å²) in [5.74, 6) is 10.8. The average molecular weight is 471 g/mol. The molecule has 0 N–H and O–H groups in total. The minimum atomic E-state index is 1.02. The third kappa shape index (κ3) is 4.62. The van der Waals surface area contributed by atoms with Crippen LogP contribution in [0.5, 0.6) is 0 Å². The fraction of sp³-hybridized carbons (Fsp3) is 1.00. The molecule has 0 aliphatic heterocycles. The van der Waals surface area contributed by atoms with Gasteiger partial charge < -0.3 is 0 Å². The van der Waals surface area contributed by atoms with Crippen LogP contribution in [0.4, 0.5) is 0 Å². The van der Waals surface area contributed by atoms with Gasteiger partial charge in [0.05, 0.1) is 0 Å². The Morgan fingerprint density at radius 3 is 1.27 bits per heavy atom. The highest BCUT2D eigenvalue weighted by molar-refractivity contribution is 8.00. The second-order valence-electron chi connectivity index (χ2n) is 14.1. The van der Waals surface area contributed by atoms with Crippen LogP contribution in [0.2, 0.25) is 0 Å². The molecular weight excluding hydrogens is 416 g/mol. The predicted octanol–water partition coefficient (Wildman–Crippen LogP) is 9.76. The summed E-state index contributed by atoms with van der Waals surface area (Å²) in [7, 11) is 0. The molecule has 33 heavy (non-hydrogen) atoms. The monoisotopic (exact) mass is 470 g/mol. The molecule has 6 rings (SSSR count). The molecule has 6 aliphatic rings. The van der Waals surface area contributed by atoms with Gasteiger partial charge in [0.15, 0.2) is 0 Å². The van der Waals surface area contributed by atoms with Gasteiger partial charge in [0.1, 0.15) is 0 Å². The fourth-order valence-electron chi connectivity index (χ4n) is 11.4. The van der Waals surface area contributed by atoms with E-state index in [1.54, 1.807) is 77.0 Å². The highest BCUT2D eigenvalue weighted by Crippen LogP contribution is 2.60. The minimum absolute atomic E-state index is 1.02. The van der Waals surface area contributed by atoms with Crippen LogP contribution in [-0.4, -0.2) is 10.5 Å². The van der Waals surface area contributed by atoms with E-state index in [0.717, 1.165) is 69.7 Å². The van der Waals surface area contributed by atoms with Crippen molar-refractivity contribution in [3.8, 4) is 0 Å². The van der Waals surface area contributed by atoms with Crippen LogP contribution in [0.25, 0.3) is 0 Å². The lowest BCUT2D eigenvalue weighted by atomic mass is 9.68. The summed E-state index contributed by atoms with van der Waals surface area (Å²) in [4.78, 5) is 0. The van der Waals surface area contributed by atoms with Crippen LogP contribution in [0, 0.1) is 59.2 Å². The van der Waals surface area contributed by atoms with Crippen molar-refractivity contribution < 1.29 is 0 Å². The highest BCUT2D eigenvalue weighted by Gasteiger charge is 2.52. The zero-order chi connectivity index (χ0) is 22.4.